The van der Waals surface area contributed by atoms with Gasteiger partial charge in [-0.25, -0.2) is 0 Å². The van der Waals surface area contributed by atoms with Gasteiger partial charge in [0, 0.05) is 44.2 Å². The summed E-state index contributed by atoms with van der Waals surface area (Å²) >= 11 is 1.86. The summed E-state index contributed by atoms with van der Waals surface area (Å²) in [5.74, 6) is 0. The van der Waals surface area contributed by atoms with Gasteiger partial charge in [-0.15, -0.1) is 11.3 Å². The second-order valence-corrected chi connectivity index (χ2v) is 5.56. The molecule has 0 aliphatic heterocycles. The molecular formula is C13H22N2OS. The van der Waals surface area contributed by atoms with Crippen molar-refractivity contribution < 1.29 is 4.74 Å². The maximum absolute atomic E-state index is 5.02. The lowest BCUT2D eigenvalue weighted by Crippen LogP contribution is -2.34. The van der Waals surface area contributed by atoms with Crippen molar-refractivity contribution in [1.82, 2.24) is 10.2 Å². The zero-order chi connectivity index (χ0) is 11.9. The lowest BCUT2D eigenvalue weighted by atomic mass is 10.4. The molecule has 1 N–H and O–H groups in total. The highest BCUT2D eigenvalue weighted by molar-refractivity contribution is 7.09. The maximum atomic E-state index is 5.02. The van der Waals surface area contributed by atoms with Crippen LogP contribution < -0.4 is 5.32 Å². The molecule has 96 valence electrons. The third kappa shape index (κ3) is 4.76. The van der Waals surface area contributed by atoms with E-state index in [0.29, 0.717) is 0 Å². The first-order valence-electron chi connectivity index (χ1n) is 6.36. The number of ether oxygens (including phenoxy) is 1. The first-order valence-corrected chi connectivity index (χ1v) is 7.24. The highest BCUT2D eigenvalue weighted by Crippen LogP contribution is 2.28. The first kappa shape index (κ1) is 13.0. The van der Waals surface area contributed by atoms with Crippen LogP contribution in [-0.2, 0) is 11.3 Å². The monoisotopic (exact) mass is 254 g/mol. The molecule has 1 saturated carbocycles. The van der Waals surface area contributed by atoms with E-state index < -0.39 is 0 Å². The molecule has 4 heteroatoms. The summed E-state index contributed by atoms with van der Waals surface area (Å²) in [6.07, 6.45) is 2.76. The molecule has 2 rings (SSSR count). The number of thiophene rings is 1. The Hall–Kier alpha value is -0.420. The number of nitrogens with zero attached hydrogens (tertiary/aromatic N) is 1. The fourth-order valence-electron chi connectivity index (χ4n) is 1.96. The Morgan fingerprint density at radius 3 is 3.00 bits per heavy atom. The SMILES string of the molecule is COCCNCCN(Cc1cccs1)C1CC1. The van der Waals surface area contributed by atoms with E-state index >= 15 is 0 Å². The van der Waals surface area contributed by atoms with Gasteiger partial charge in [-0.2, -0.15) is 0 Å². The summed E-state index contributed by atoms with van der Waals surface area (Å²) in [5, 5.41) is 5.58. The van der Waals surface area contributed by atoms with E-state index in [4.69, 9.17) is 4.74 Å². The minimum atomic E-state index is 0.800. The summed E-state index contributed by atoms with van der Waals surface area (Å²) < 4.78 is 5.02. The van der Waals surface area contributed by atoms with Gasteiger partial charge in [-0.3, -0.25) is 4.90 Å². The summed E-state index contributed by atoms with van der Waals surface area (Å²) in [7, 11) is 1.75. The Balaban J connectivity index is 1.66. The molecule has 0 radical (unpaired) electrons. The molecule has 1 aromatic rings. The zero-order valence-electron chi connectivity index (χ0n) is 10.5. The van der Waals surface area contributed by atoms with Crippen molar-refractivity contribution in [3.8, 4) is 0 Å². The van der Waals surface area contributed by atoms with Crippen LogP contribution in [-0.4, -0.2) is 44.3 Å². The zero-order valence-corrected chi connectivity index (χ0v) is 11.3. The van der Waals surface area contributed by atoms with E-state index in [1.54, 1.807) is 7.11 Å². The van der Waals surface area contributed by atoms with Crippen LogP contribution in [0.3, 0.4) is 0 Å². The molecule has 17 heavy (non-hydrogen) atoms. The molecule has 0 unspecified atom stereocenters. The average molecular weight is 254 g/mol. The highest BCUT2D eigenvalue weighted by atomic mass is 32.1. The minimum absolute atomic E-state index is 0.800. The molecule has 1 aliphatic carbocycles. The van der Waals surface area contributed by atoms with Crippen molar-refractivity contribution in [2.75, 3.05) is 33.4 Å². The van der Waals surface area contributed by atoms with E-state index in [-0.39, 0.29) is 0 Å². The summed E-state index contributed by atoms with van der Waals surface area (Å²) in [6, 6.07) is 5.21. The van der Waals surface area contributed by atoms with E-state index in [1.165, 1.54) is 17.7 Å². The van der Waals surface area contributed by atoms with Crippen molar-refractivity contribution in [3.63, 3.8) is 0 Å². The number of nitrogens with one attached hydrogen (secondary N) is 1. The van der Waals surface area contributed by atoms with Gasteiger partial charge in [0.25, 0.3) is 0 Å². The van der Waals surface area contributed by atoms with Gasteiger partial charge in [-0.1, -0.05) is 6.07 Å². The smallest absolute Gasteiger partial charge is 0.0587 e. The van der Waals surface area contributed by atoms with Crippen LogP contribution in [0.4, 0.5) is 0 Å². The van der Waals surface area contributed by atoms with E-state index in [9.17, 15) is 0 Å². The van der Waals surface area contributed by atoms with Crippen molar-refractivity contribution in [2.24, 2.45) is 0 Å². The van der Waals surface area contributed by atoms with E-state index in [1.807, 2.05) is 11.3 Å². The van der Waals surface area contributed by atoms with Crippen LogP contribution >= 0.6 is 11.3 Å². The molecule has 3 nitrogen and oxygen atoms in total. The van der Waals surface area contributed by atoms with Crippen LogP contribution in [0.25, 0.3) is 0 Å². The molecule has 1 fully saturated rings. The second-order valence-electron chi connectivity index (χ2n) is 4.52. The molecule has 0 saturated heterocycles. The first-order chi connectivity index (χ1) is 8.40. The molecule has 0 spiro atoms. The molecule has 1 aromatic heterocycles. The van der Waals surface area contributed by atoms with Crippen molar-refractivity contribution in [2.45, 2.75) is 25.4 Å². The highest BCUT2D eigenvalue weighted by Gasteiger charge is 2.28. The third-order valence-corrected chi connectivity index (χ3v) is 3.92. The Morgan fingerprint density at radius 1 is 1.47 bits per heavy atom. The fourth-order valence-corrected chi connectivity index (χ4v) is 2.68. The van der Waals surface area contributed by atoms with Crippen LogP contribution in [0, 0.1) is 0 Å². The van der Waals surface area contributed by atoms with Crippen LogP contribution in [0.5, 0.6) is 0 Å². The predicted octanol–water partition coefficient (Wildman–Crippen LogP) is 1.95. The van der Waals surface area contributed by atoms with Gasteiger partial charge in [0.05, 0.1) is 6.61 Å². The minimum Gasteiger partial charge on any atom is -0.383 e. The van der Waals surface area contributed by atoms with Crippen molar-refractivity contribution >= 4 is 11.3 Å². The molecule has 0 aromatic carbocycles. The van der Waals surface area contributed by atoms with Crippen molar-refractivity contribution in [3.05, 3.63) is 22.4 Å². The van der Waals surface area contributed by atoms with E-state index in [2.05, 4.69) is 27.7 Å². The Morgan fingerprint density at radius 2 is 2.35 bits per heavy atom. The Labute approximate surface area is 108 Å². The topological polar surface area (TPSA) is 24.5 Å². The molecule has 0 amide bonds. The number of methoxy groups -OCH3 is 1. The Kier molecular flexibility index (Phi) is 5.45. The van der Waals surface area contributed by atoms with Crippen LogP contribution in [0.15, 0.2) is 17.5 Å². The number of hydrogen-bond donors (Lipinski definition) is 1. The van der Waals surface area contributed by atoms with Crippen LogP contribution in [0.1, 0.15) is 17.7 Å². The summed E-state index contributed by atoms with van der Waals surface area (Å²) in [5.41, 5.74) is 0. The molecular weight excluding hydrogens is 232 g/mol. The maximum Gasteiger partial charge on any atom is 0.0587 e. The standard InChI is InChI=1S/C13H22N2OS/c1-16-9-7-14-6-8-15(12-4-5-12)11-13-3-2-10-17-13/h2-3,10,12,14H,4-9,11H2,1H3. The van der Waals surface area contributed by atoms with Gasteiger partial charge in [0.15, 0.2) is 0 Å². The third-order valence-electron chi connectivity index (χ3n) is 3.06. The van der Waals surface area contributed by atoms with Gasteiger partial charge in [0.2, 0.25) is 0 Å². The van der Waals surface area contributed by atoms with Crippen molar-refractivity contribution in [1.29, 1.82) is 0 Å². The quantitative estimate of drug-likeness (QED) is 0.682. The average Bonchev–Trinajstić information content (AvgIpc) is 3.06. The lowest BCUT2D eigenvalue weighted by molar-refractivity contribution is 0.195. The fraction of sp³-hybridized carbons (Fsp3) is 0.692. The summed E-state index contributed by atoms with van der Waals surface area (Å²) in [6.45, 7) is 5.08. The van der Waals surface area contributed by atoms with E-state index in [0.717, 1.165) is 38.8 Å². The lowest BCUT2D eigenvalue weighted by Gasteiger charge is -2.21. The number of hydrogen-bond acceptors (Lipinski definition) is 4. The van der Waals surface area contributed by atoms with Gasteiger partial charge in [-0.05, 0) is 24.3 Å². The molecule has 1 heterocycles. The second kappa shape index (κ2) is 7.11. The molecule has 0 atom stereocenters. The van der Waals surface area contributed by atoms with Gasteiger partial charge in [0.1, 0.15) is 0 Å². The number of rotatable bonds is 9. The molecule has 0 bridgehead atoms. The summed E-state index contributed by atoms with van der Waals surface area (Å²) in [4.78, 5) is 4.08. The normalized spacial score (nSPS) is 15.6. The predicted molar refractivity (Wildman–Crippen MR) is 72.5 cm³/mol. The van der Waals surface area contributed by atoms with Gasteiger partial charge >= 0.3 is 0 Å². The largest absolute Gasteiger partial charge is 0.383 e. The van der Waals surface area contributed by atoms with Crippen LogP contribution in [0.2, 0.25) is 0 Å². The molecule has 1 aliphatic rings. The Bertz CT molecular complexity index is 298. The van der Waals surface area contributed by atoms with Gasteiger partial charge < -0.3 is 10.1 Å².